The molecule has 0 aromatic carbocycles. The monoisotopic (exact) mass is 444 g/mol. The number of nitrogens with zero attached hydrogens (tertiary/aromatic N) is 3. The molecule has 2 saturated heterocycles. The van der Waals surface area contributed by atoms with Gasteiger partial charge in [0, 0.05) is 48.1 Å². The summed E-state index contributed by atoms with van der Waals surface area (Å²) in [5.41, 5.74) is 8.02. The van der Waals surface area contributed by atoms with Crippen molar-refractivity contribution in [3.8, 4) is 17.0 Å². The Kier molecular flexibility index (Phi) is 4.91. The average Bonchev–Trinajstić information content (AvgIpc) is 3.32. The van der Waals surface area contributed by atoms with Crippen molar-refractivity contribution in [2.24, 2.45) is 11.1 Å². The fraction of sp³-hybridized carbons (Fsp3) is 0.476. The van der Waals surface area contributed by atoms with E-state index in [0.717, 1.165) is 25.9 Å². The summed E-state index contributed by atoms with van der Waals surface area (Å²) in [5, 5.41) is 0.799. The van der Waals surface area contributed by atoms with Gasteiger partial charge in [-0.15, -0.1) is 0 Å². The number of nitrogens with one attached hydrogen (secondary N) is 2. The number of H-pyrrole nitrogens is 2. The first-order valence-electron chi connectivity index (χ1n) is 10.4. The smallest absolute Gasteiger partial charge is 0.262 e. The zero-order valence-electron chi connectivity index (χ0n) is 17.4. The Bertz CT molecular complexity index is 1180. The minimum atomic E-state index is -0.224. The van der Waals surface area contributed by atoms with Crippen LogP contribution in [-0.4, -0.2) is 58.9 Å². The van der Waals surface area contributed by atoms with Gasteiger partial charge >= 0.3 is 0 Å². The molecule has 3 aromatic heterocycles. The van der Waals surface area contributed by atoms with Crippen molar-refractivity contribution in [1.29, 1.82) is 0 Å². The number of aromatic nitrogens is 4. The van der Waals surface area contributed by atoms with Crippen LogP contribution >= 0.6 is 11.6 Å². The molecule has 5 rings (SSSR count). The first-order chi connectivity index (χ1) is 14.9. The fourth-order valence-electron chi connectivity index (χ4n) is 4.80. The van der Waals surface area contributed by atoms with Crippen molar-refractivity contribution in [2.75, 3.05) is 31.7 Å². The van der Waals surface area contributed by atoms with Crippen molar-refractivity contribution in [3.63, 3.8) is 0 Å². The highest BCUT2D eigenvalue weighted by molar-refractivity contribution is 6.35. The Labute approximate surface area is 183 Å². The van der Waals surface area contributed by atoms with Crippen molar-refractivity contribution in [3.05, 3.63) is 33.8 Å². The zero-order chi connectivity index (χ0) is 21.8. The minimum absolute atomic E-state index is 0.0110. The molecule has 9 nitrogen and oxygen atoms in total. The normalized spacial score (nSPS) is 23.0. The third kappa shape index (κ3) is 3.19. The van der Waals surface area contributed by atoms with E-state index in [1.165, 1.54) is 7.11 Å². The second kappa shape index (κ2) is 7.51. The summed E-state index contributed by atoms with van der Waals surface area (Å²) >= 11 is 6.42. The Hall–Kier alpha value is -2.62. The summed E-state index contributed by atoms with van der Waals surface area (Å²) in [4.78, 5) is 30.0. The maximum atomic E-state index is 13.0. The Morgan fingerprint density at radius 3 is 2.81 bits per heavy atom. The molecular formula is C21H25ClN6O3. The molecule has 2 atom stereocenters. The van der Waals surface area contributed by atoms with Gasteiger partial charge in [-0.05, 0) is 25.8 Å². The summed E-state index contributed by atoms with van der Waals surface area (Å²) in [6.07, 6.45) is 5.22. The van der Waals surface area contributed by atoms with Crippen LogP contribution in [0.15, 0.2) is 23.3 Å². The molecule has 2 fully saturated rings. The maximum absolute atomic E-state index is 13.0. The number of aromatic amines is 2. The Balaban J connectivity index is 1.46. The van der Waals surface area contributed by atoms with Crippen LogP contribution < -0.4 is 20.9 Å². The number of nitrogens with two attached hydrogens (primary N) is 1. The molecule has 10 heteroatoms. The van der Waals surface area contributed by atoms with Gasteiger partial charge in [0.15, 0.2) is 0 Å². The van der Waals surface area contributed by atoms with Crippen LogP contribution in [0.2, 0.25) is 5.02 Å². The number of piperidine rings is 1. The molecule has 2 aliphatic heterocycles. The van der Waals surface area contributed by atoms with Gasteiger partial charge in [0.25, 0.3) is 5.56 Å². The first kappa shape index (κ1) is 20.3. The fourth-order valence-corrected chi connectivity index (χ4v) is 5.09. The quantitative estimate of drug-likeness (QED) is 0.566. The summed E-state index contributed by atoms with van der Waals surface area (Å²) in [6, 6.07) is 1.79. The van der Waals surface area contributed by atoms with Gasteiger partial charge in [-0.25, -0.2) is 4.98 Å². The van der Waals surface area contributed by atoms with E-state index < -0.39 is 0 Å². The molecule has 1 spiro atoms. The number of fused-ring (bicyclic) bond motifs is 1. The van der Waals surface area contributed by atoms with Gasteiger partial charge < -0.3 is 25.1 Å². The van der Waals surface area contributed by atoms with Crippen LogP contribution in [0.5, 0.6) is 5.88 Å². The summed E-state index contributed by atoms with van der Waals surface area (Å²) in [5.74, 6) is 0.861. The summed E-state index contributed by atoms with van der Waals surface area (Å²) in [7, 11) is 1.50. The van der Waals surface area contributed by atoms with Crippen molar-refractivity contribution < 1.29 is 9.47 Å². The lowest BCUT2D eigenvalue weighted by Crippen LogP contribution is -2.51. The topological polar surface area (TPSA) is 122 Å². The molecule has 0 amide bonds. The number of hydrogen-bond donors (Lipinski definition) is 3. The number of halogens is 1. The predicted molar refractivity (Wildman–Crippen MR) is 119 cm³/mol. The first-order valence-corrected chi connectivity index (χ1v) is 10.7. The number of anilines is 1. The summed E-state index contributed by atoms with van der Waals surface area (Å²) in [6.45, 7) is 4.26. The molecule has 164 valence electrons. The predicted octanol–water partition coefficient (Wildman–Crippen LogP) is 2.31. The highest BCUT2D eigenvalue weighted by Crippen LogP contribution is 2.42. The van der Waals surface area contributed by atoms with Gasteiger partial charge in [-0.3, -0.25) is 9.78 Å². The van der Waals surface area contributed by atoms with Crippen LogP contribution in [-0.2, 0) is 4.74 Å². The van der Waals surface area contributed by atoms with Crippen LogP contribution in [0.3, 0.4) is 0 Å². The molecular weight excluding hydrogens is 420 g/mol. The second-order valence-electron chi connectivity index (χ2n) is 8.39. The van der Waals surface area contributed by atoms with Crippen LogP contribution in [0.25, 0.3) is 22.2 Å². The van der Waals surface area contributed by atoms with E-state index in [1.807, 2.05) is 6.92 Å². The van der Waals surface area contributed by atoms with Gasteiger partial charge in [0.05, 0.1) is 25.2 Å². The van der Waals surface area contributed by atoms with E-state index >= 15 is 0 Å². The van der Waals surface area contributed by atoms with Crippen molar-refractivity contribution in [1.82, 2.24) is 19.9 Å². The van der Waals surface area contributed by atoms with Crippen molar-refractivity contribution in [2.45, 2.75) is 31.9 Å². The molecule has 0 unspecified atom stereocenters. The van der Waals surface area contributed by atoms with Gasteiger partial charge in [0.2, 0.25) is 11.8 Å². The van der Waals surface area contributed by atoms with E-state index in [9.17, 15) is 4.79 Å². The molecule has 0 bridgehead atoms. The third-order valence-corrected chi connectivity index (χ3v) is 7.14. The van der Waals surface area contributed by atoms with E-state index in [0.29, 0.717) is 45.6 Å². The molecule has 4 N–H and O–H groups in total. The maximum Gasteiger partial charge on any atom is 0.262 e. The zero-order valence-corrected chi connectivity index (χ0v) is 18.2. The highest BCUT2D eigenvalue weighted by atomic mass is 35.5. The van der Waals surface area contributed by atoms with Crippen LogP contribution in [0.1, 0.15) is 19.8 Å². The molecule has 2 aliphatic rings. The number of rotatable bonds is 3. The van der Waals surface area contributed by atoms with Gasteiger partial charge in [-0.1, -0.05) is 11.6 Å². The Morgan fingerprint density at radius 2 is 2.13 bits per heavy atom. The third-order valence-electron chi connectivity index (χ3n) is 6.78. The lowest BCUT2D eigenvalue weighted by atomic mass is 9.73. The molecule has 0 radical (unpaired) electrons. The molecule has 3 aromatic rings. The largest absolute Gasteiger partial charge is 0.480 e. The van der Waals surface area contributed by atoms with E-state index in [1.54, 1.807) is 18.5 Å². The number of methoxy groups -OCH3 is 1. The number of ether oxygens (including phenoxy) is 2. The highest BCUT2D eigenvalue weighted by Gasteiger charge is 2.47. The lowest BCUT2D eigenvalue weighted by molar-refractivity contribution is 0.0973. The molecule has 31 heavy (non-hydrogen) atoms. The number of hydrogen-bond acceptors (Lipinski definition) is 7. The van der Waals surface area contributed by atoms with Crippen molar-refractivity contribution >= 4 is 28.6 Å². The Morgan fingerprint density at radius 1 is 1.35 bits per heavy atom. The molecule has 5 heterocycles. The minimum Gasteiger partial charge on any atom is -0.480 e. The SMILES string of the molecule is COc1nccc(-c2c[nH]c3nc(N4CCC5(CC4)CO[C@@H](C)[C@H]5N)[nH]c(=O)c23)c1Cl. The lowest BCUT2D eigenvalue weighted by Gasteiger charge is -2.41. The van der Waals surface area contributed by atoms with Crippen LogP contribution in [0.4, 0.5) is 5.95 Å². The van der Waals surface area contributed by atoms with E-state index in [4.69, 9.17) is 26.8 Å². The number of pyridine rings is 1. The van der Waals surface area contributed by atoms with Crippen LogP contribution in [0, 0.1) is 5.41 Å². The van der Waals surface area contributed by atoms with Gasteiger partial charge in [-0.2, -0.15) is 4.98 Å². The van der Waals surface area contributed by atoms with Gasteiger partial charge in [0.1, 0.15) is 10.7 Å². The molecule has 0 saturated carbocycles. The van der Waals surface area contributed by atoms with E-state index in [-0.39, 0.29) is 23.1 Å². The standard InChI is InChI=1S/C21H25ClN6O3/c1-11-16(23)21(10-31-11)4-7-28(8-5-21)20-26-17-14(18(29)27-20)13(9-25-17)12-3-6-24-19(30-2)15(12)22/h3,6,9,11,16H,4-5,7-8,10,23H2,1-2H3,(H2,25,26,27,29)/t11-,16+/m0/s1. The second-order valence-corrected chi connectivity index (χ2v) is 8.77. The van der Waals surface area contributed by atoms with E-state index in [2.05, 4.69) is 24.8 Å². The average molecular weight is 445 g/mol. The summed E-state index contributed by atoms with van der Waals surface area (Å²) < 4.78 is 11.0. The molecule has 0 aliphatic carbocycles.